The molecule has 0 saturated carbocycles. The van der Waals surface area contributed by atoms with Gasteiger partial charge in [0.2, 0.25) is 0 Å². The van der Waals surface area contributed by atoms with Crippen molar-refractivity contribution in [2.24, 2.45) is 0 Å². The SMILES string of the molecule is COC(=O)c1cc(N)c2c(c1)CCCC2. The number of methoxy groups -OCH3 is 1. The topological polar surface area (TPSA) is 52.3 Å². The Bertz CT molecular complexity index is 399. The molecule has 1 aliphatic rings. The summed E-state index contributed by atoms with van der Waals surface area (Å²) in [6.07, 6.45) is 4.42. The molecule has 0 bridgehead atoms. The Kier molecular flexibility index (Phi) is 2.62. The molecule has 3 heteroatoms. The van der Waals surface area contributed by atoms with E-state index in [1.54, 1.807) is 6.07 Å². The van der Waals surface area contributed by atoms with Gasteiger partial charge >= 0.3 is 5.97 Å². The lowest BCUT2D eigenvalue weighted by atomic mass is 9.89. The largest absolute Gasteiger partial charge is 0.465 e. The molecule has 0 aromatic heterocycles. The standard InChI is InChI=1S/C12H15NO2/c1-15-12(14)9-6-8-4-2-3-5-10(8)11(13)7-9/h6-7H,2-5,13H2,1H3. The zero-order chi connectivity index (χ0) is 10.8. The highest BCUT2D eigenvalue weighted by molar-refractivity contribution is 5.91. The molecule has 0 amide bonds. The Morgan fingerprint density at radius 2 is 2.07 bits per heavy atom. The number of fused-ring (bicyclic) bond motifs is 1. The van der Waals surface area contributed by atoms with Gasteiger partial charge in [-0.15, -0.1) is 0 Å². The molecule has 0 heterocycles. The van der Waals surface area contributed by atoms with Crippen LogP contribution >= 0.6 is 0 Å². The van der Waals surface area contributed by atoms with Crippen molar-refractivity contribution in [1.29, 1.82) is 0 Å². The second-order valence-electron chi connectivity index (χ2n) is 3.90. The summed E-state index contributed by atoms with van der Waals surface area (Å²) in [5.74, 6) is -0.310. The minimum atomic E-state index is -0.310. The Hall–Kier alpha value is -1.51. The van der Waals surface area contributed by atoms with Crippen molar-refractivity contribution < 1.29 is 9.53 Å². The van der Waals surface area contributed by atoms with Crippen LogP contribution < -0.4 is 5.73 Å². The van der Waals surface area contributed by atoms with Crippen molar-refractivity contribution in [3.63, 3.8) is 0 Å². The molecule has 2 rings (SSSR count). The molecule has 1 aromatic rings. The second kappa shape index (κ2) is 3.93. The molecule has 0 unspecified atom stereocenters. The number of nitrogens with two attached hydrogens (primary N) is 1. The first-order valence-corrected chi connectivity index (χ1v) is 5.22. The number of hydrogen-bond acceptors (Lipinski definition) is 3. The zero-order valence-corrected chi connectivity index (χ0v) is 8.88. The average molecular weight is 205 g/mol. The number of benzene rings is 1. The molecule has 0 aliphatic heterocycles. The Labute approximate surface area is 89.2 Å². The summed E-state index contributed by atoms with van der Waals surface area (Å²) in [4.78, 5) is 11.4. The normalized spacial score (nSPS) is 14.5. The molecule has 15 heavy (non-hydrogen) atoms. The van der Waals surface area contributed by atoms with Crippen molar-refractivity contribution in [3.8, 4) is 0 Å². The van der Waals surface area contributed by atoms with Crippen LogP contribution in [0.3, 0.4) is 0 Å². The summed E-state index contributed by atoms with van der Waals surface area (Å²) in [7, 11) is 1.39. The number of hydrogen-bond donors (Lipinski definition) is 1. The second-order valence-corrected chi connectivity index (χ2v) is 3.90. The van der Waals surface area contributed by atoms with Gasteiger partial charge in [-0.3, -0.25) is 0 Å². The van der Waals surface area contributed by atoms with Crippen molar-refractivity contribution >= 4 is 11.7 Å². The number of ether oxygens (including phenoxy) is 1. The third kappa shape index (κ3) is 1.82. The van der Waals surface area contributed by atoms with Crippen LogP contribution in [0, 0.1) is 0 Å². The molecule has 0 atom stereocenters. The van der Waals surface area contributed by atoms with Crippen LogP contribution in [-0.2, 0) is 17.6 Å². The van der Waals surface area contributed by atoms with Gasteiger partial charge in [0.05, 0.1) is 12.7 Å². The van der Waals surface area contributed by atoms with Crippen LogP contribution in [0.5, 0.6) is 0 Å². The van der Waals surface area contributed by atoms with Crippen LogP contribution in [0.4, 0.5) is 5.69 Å². The third-order valence-electron chi connectivity index (χ3n) is 2.92. The first-order valence-electron chi connectivity index (χ1n) is 5.22. The highest BCUT2D eigenvalue weighted by Crippen LogP contribution is 2.27. The molecule has 1 aliphatic carbocycles. The van der Waals surface area contributed by atoms with Crippen molar-refractivity contribution in [1.82, 2.24) is 0 Å². The molecule has 0 fully saturated rings. The number of anilines is 1. The van der Waals surface area contributed by atoms with Crippen molar-refractivity contribution in [2.45, 2.75) is 25.7 Å². The highest BCUT2D eigenvalue weighted by atomic mass is 16.5. The zero-order valence-electron chi connectivity index (χ0n) is 8.88. The fourth-order valence-corrected chi connectivity index (χ4v) is 2.14. The van der Waals surface area contributed by atoms with E-state index >= 15 is 0 Å². The Morgan fingerprint density at radius 3 is 2.80 bits per heavy atom. The monoisotopic (exact) mass is 205 g/mol. The van der Waals surface area contributed by atoms with E-state index in [-0.39, 0.29) is 5.97 Å². The highest BCUT2D eigenvalue weighted by Gasteiger charge is 2.16. The summed E-state index contributed by atoms with van der Waals surface area (Å²) in [6.45, 7) is 0. The molecule has 1 aromatic carbocycles. The number of nitrogen functional groups attached to an aromatic ring is 1. The molecule has 0 radical (unpaired) electrons. The van der Waals surface area contributed by atoms with Gasteiger partial charge in [-0.25, -0.2) is 4.79 Å². The van der Waals surface area contributed by atoms with Crippen molar-refractivity contribution in [2.75, 3.05) is 12.8 Å². The van der Waals surface area contributed by atoms with Gasteiger partial charge in [0.1, 0.15) is 0 Å². The minimum Gasteiger partial charge on any atom is -0.465 e. The Morgan fingerprint density at radius 1 is 1.33 bits per heavy atom. The summed E-state index contributed by atoms with van der Waals surface area (Å²) >= 11 is 0. The number of carbonyl (C=O) groups is 1. The van der Waals surface area contributed by atoms with E-state index in [1.165, 1.54) is 31.1 Å². The fraction of sp³-hybridized carbons (Fsp3) is 0.417. The quantitative estimate of drug-likeness (QED) is 0.563. The van der Waals surface area contributed by atoms with Crippen LogP contribution in [0.2, 0.25) is 0 Å². The molecular weight excluding hydrogens is 190 g/mol. The summed E-state index contributed by atoms with van der Waals surface area (Å²) < 4.78 is 4.69. The summed E-state index contributed by atoms with van der Waals surface area (Å²) in [5.41, 5.74) is 9.65. The molecule has 0 spiro atoms. The first kappa shape index (κ1) is 10.0. The van der Waals surface area contributed by atoms with Gasteiger partial charge < -0.3 is 10.5 Å². The van der Waals surface area contributed by atoms with E-state index in [0.717, 1.165) is 18.5 Å². The maximum atomic E-state index is 11.4. The van der Waals surface area contributed by atoms with E-state index in [9.17, 15) is 4.79 Å². The van der Waals surface area contributed by atoms with Gasteiger partial charge in [0.25, 0.3) is 0 Å². The van der Waals surface area contributed by atoms with Crippen LogP contribution in [-0.4, -0.2) is 13.1 Å². The van der Waals surface area contributed by atoms with Crippen molar-refractivity contribution in [3.05, 3.63) is 28.8 Å². The van der Waals surface area contributed by atoms with Crippen LogP contribution in [0.15, 0.2) is 12.1 Å². The lowest BCUT2D eigenvalue weighted by molar-refractivity contribution is 0.0600. The van der Waals surface area contributed by atoms with E-state index in [0.29, 0.717) is 5.56 Å². The summed E-state index contributed by atoms with van der Waals surface area (Å²) in [5, 5.41) is 0. The maximum absolute atomic E-state index is 11.4. The number of aryl methyl sites for hydroxylation is 1. The summed E-state index contributed by atoms with van der Waals surface area (Å²) in [6, 6.07) is 3.63. The van der Waals surface area contributed by atoms with Gasteiger partial charge in [-0.1, -0.05) is 0 Å². The Balaban J connectivity index is 2.45. The predicted octanol–water partition coefficient (Wildman–Crippen LogP) is 1.93. The van der Waals surface area contributed by atoms with E-state index in [4.69, 9.17) is 5.73 Å². The molecule has 80 valence electrons. The molecule has 2 N–H and O–H groups in total. The smallest absolute Gasteiger partial charge is 0.337 e. The third-order valence-corrected chi connectivity index (χ3v) is 2.92. The lowest BCUT2D eigenvalue weighted by Gasteiger charge is -2.18. The van der Waals surface area contributed by atoms with E-state index in [1.807, 2.05) is 6.07 Å². The predicted molar refractivity (Wildman–Crippen MR) is 58.8 cm³/mol. The molecular formula is C12H15NO2. The number of carbonyl (C=O) groups excluding carboxylic acids is 1. The lowest BCUT2D eigenvalue weighted by Crippen LogP contribution is -2.10. The fourth-order valence-electron chi connectivity index (χ4n) is 2.14. The first-order chi connectivity index (χ1) is 7.22. The number of esters is 1. The van der Waals surface area contributed by atoms with Gasteiger partial charge in [-0.2, -0.15) is 0 Å². The van der Waals surface area contributed by atoms with Crippen LogP contribution in [0.25, 0.3) is 0 Å². The van der Waals surface area contributed by atoms with Crippen LogP contribution in [0.1, 0.15) is 34.3 Å². The van der Waals surface area contributed by atoms with Gasteiger partial charge in [0.15, 0.2) is 0 Å². The molecule has 0 saturated heterocycles. The molecule has 3 nitrogen and oxygen atoms in total. The maximum Gasteiger partial charge on any atom is 0.337 e. The van der Waals surface area contributed by atoms with E-state index in [2.05, 4.69) is 4.74 Å². The van der Waals surface area contributed by atoms with Gasteiger partial charge in [0, 0.05) is 5.69 Å². The van der Waals surface area contributed by atoms with Gasteiger partial charge in [-0.05, 0) is 48.9 Å². The van der Waals surface area contributed by atoms with E-state index < -0.39 is 0 Å². The average Bonchev–Trinajstić information content (AvgIpc) is 2.28. The minimum absolute atomic E-state index is 0.310. The number of rotatable bonds is 1.